The first-order chi connectivity index (χ1) is 11.5. The normalized spacial score (nSPS) is 22.8. The Morgan fingerprint density at radius 3 is 2.36 bits per heavy atom. The van der Waals surface area contributed by atoms with Crippen LogP contribution in [0, 0.1) is 5.92 Å². The summed E-state index contributed by atoms with van der Waals surface area (Å²) in [5, 5.41) is 9.38. The number of carboxylic acids is 1. The molecule has 0 aliphatic heterocycles. The Morgan fingerprint density at radius 1 is 1.24 bits per heavy atom. The topological polar surface area (TPSA) is 46.5 Å². The molecule has 1 aliphatic rings. The number of hydrogen-bond acceptors (Lipinski definition) is 2. The molecule has 0 radical (unpaired) electrons. The Bertz CT molecular complexity index is 586. The van der Waals surface area contributed by atoms with Crippen LogP contribution in [-0.2, 0) is 15.6 Å². The number of rotatable bonds is 6. The summed E-state index contributed by atoms with van der Waals surface area (Å²) in [6, 6.07) is 8.12. The molecule has 4 heteroatoms. The third-order valence-electron chi connectivity index (χ3n) is 6.19. The Balaban J connectivity index is 2.03. The first kappa shape index (κ1) is 20.2. The van der Waals surface area contributed by atoms with E-state index >= 15 is 0 Å². The number of benzene rings is 1. The average Bonchev–Trinajstić information content (AvgIpc) is 2.92. The van der Waals surface area contributed by atoms with Crippen LogP contribution in [-0.4, -0.2) is 25.5 Å². The standard InChI is InChI=1S/C21H34O3Si/c1-15(20(22)23)17-12-10-16(11-13-17)14-18-8-7-9-19(18)24-25(5,6)21(2,3)4/h10-13,15,18-19H,7-9,14H2,1-6H3,(H,22,23)/t15-,18+,19-/m0/s1. The van der Waals surface area contributed by atoms with E-state index in [4.69, 9.17) is 9.53 Å². The molecule has 0 saturated heterocycles. The minimum Gasteiger partial charge on any atom is -0.481 e. The highest BCUT2D eigenvalue weighted by atomic mass is 28.4. The lowest BCUT2D eigenvalue weighted by atomic mass is 9.94. The summed E-state index contributed by atoms with van der Waals surface area (Å²) < 4.78 is 6.70. The molecule has 2 rings (SSSR count). The van der Waals surface area contributed by atoms with E-state index in [1.54, 1.807) is 6.92 Å². The van der Waals surface area contributed by atoms with Crippen molar-refractivity contribution in [2.24, 2.45) is 5.92 Å². The highest BCUT2D eigenvalue weighted by Crippen LogP contribution is 2.41. The van der Waals surface area contributed by atoms with Crippen LogP contribution < -0.4 is 0 Å². The molecule has 0 amide bonds. The fourth-order valence-electron chi connectivity index (χ4n) is 3.33. The van der Waals surface area contributed by atoms with Gasteiger partial charge in [-0.2, -0.15) is 0 Å². The molecule has 0 spiro atoms. The molecular formula is C21H34O3Si. The fourth-order valence-corrected chi connectivity index (χ4v) is 4.76. The maximum Gasteiger partial charge on any atom is 0.310 e. The Morgan fingerprint density at radius 2 is 1.84 bits per heavy atom. The minimum absolute atomic E-state index is 0.245. The third kappa shape index (κ3) is 4.95. The summed E-state index contributed by atoms with van der Waals surface area (Å²) in [6.45, 7) is 13.3. The molecular weight excluding hydrogens is 328 g/mol. The lowest BCUT2D eigenvalue weighted by Crippen LogP contribution is -2.45. The zero-order valence-corrected chi connectivity index (χ0v) is 17.6. The molecule has 3 nitrogen and oxygen atoms in total. The minimum atomic E-state index is -1.73. The molecule has 0 bridgehead atoms. The van der Waals surface area contributed by atoms with Gasteiger partial charge in [0.05, 0.1) is 5.92 Å². The van der Waals surface area contributed by atoms with Gasteiger partial charge in [0, 0.05) is 6.10 Å². The van der Waals surface area contributed by atoms with Crippen LogP contribution in [0.4, 0.5) is 0 Å². The SMILES string of the molecule is C[C@H](C(=O)O)c1ccc(C[C@H]2CCC[C@@H]2O[Si](C)(C)C(C)(C)C)cc1. The van der Waals surface area contributed by atoms with Crippen LogP contribution in [0.15, 0.2) is 24.3 Å². The first-order valence-corrected chi connectivity index (χ1v) is 12.4. The van der Waals surface area contributed by atoms with Crippen molar-refractivity contribution in [3.05, 3.63) is 35.4 Å². The molecule has 140 valence electrons. The van der Waals surface area contributed by atoms with Gasteiger partial charge in [-0.25, -0.2) is 0 Å². The number of hydrogen-bond donors (Lipinski definition) is 1. The van der Waals surface area contributed by atoms with Gasteiger partial charge in [-0.05, 0) is 61.4 Å². The molecule has 25 heavy (non-hydrogen) atoms. The van der Waals surface area contributed by atoms with Gasteiger partial charge in [-0.1, -0.05) is 51.5 Å². The lowest BCUT2D eigenvalue weighted by Gasteiger charge is -2.40. The molecule has 0 heterocycles. The van der Waals surface area contributed by atoms with Crippen molar-refractivity contribution in [1.82, 2.24) is 0 Å². The monoisotopic (exact) mass is 362 g/mol. The Kier molecular flexibility index (Phi) is 6.16. The van der Waals surface area contributed by atoms with Gasteiger partial charge in [-0.3, -0.25) is 4.79 Å². The van der Waals surface area contributed by atoms with Crippen molar-refractivity contribution >= 4 is 14.3 Å². The highest BCUT2D eigenvalue weighted by molar-refractivity contribution is 6.74. The van der Waals surface area contributed by atoms with Crippen LogP contribution in [0.5, 0.6) is 0 Å². The van der Waals surface area contributed by atoms with Gasteiger partial charge in [0.15, 0.2) is 8.32 Å². The quantitative estimate of drug-likeness (QED) is 0.669. The first-order valence-electron chi connectivity index (χ1n) is 9.51. The predicted octanol–water partition coefficient (Wildman–Crippen LogP) is 5.61. The van der Waals surface area contributed by atoms with E-state index in [1.165, 1.54) is 24.8 Å². The van der Waals surface area contributed by atoms with Crippen molar-refractivity contribution in [1.29, 1.82) is 0 Å². The van der Waals surface area contributed by atoms with Crippen molar-refractivity contribution in [3.63, 3.8) is 0 Å². The molecule has 1 aliphatic carbocycles. The number of carboxylic acid groups (broad SMARTS) is 1. The van der Waals surface area contributed by atoms with E-state index in [0.717, 1.165) is 12.0 Å². The molecule has 1 aromatic rings. The zero-order valence-electron chi connectivity index (χ0n) is 16.6. The second-order valence-electron chi connectivity index (χ2n) is 9.11. The highest BCUT2D eigenvalue weighted by Gasteiger charge is 2.41. The fraction of sp³-hybridized carbons (Fsp3) is 0.667. The summed E-state index contributed by atoms with van der Waals surface area (Å²) in [5.74, 6) is -0.640. The van der Waals surface area contributed by atoms with Gasteiger partial charge in [0.1, 0.15) is 0 Å². The zero-order chi connectivity index (χ0) is 18.8. The van der Waals surface area contributed by atoms with Gasteiger partial charge in [0.2, 0.25) is 0 Å². The second-order valence-corrected chi connectivity index (χ2v) is 13.9. The second kappa shape index (κ2) is 7.63. The van der Waals surface area contributed by atoms with E-state index in [0.29, 0.717) is 12.0 Å². The van der Waals surface area contributed by atoms with E-state index in [1.807, 2.05) is 12.1 Å². The molecule has 1 fully saturated rings. The summed E-state index contributed by atoms with van der Waals surface area (Å²) in [4.78, 5) is 11.1. The number of carbonyl (C=O) groups is 1. The lowest BCUT2D eigenvalue weighted by molar-refractivity contribution is -0.138. The molecule has 1 saturated carbocycles. The summed E-state index contributed by atoms with van der Waals surface area (Å²) in [6.07, 6.45) is 5.05. The van der Waals surface area contributed by atoms with Crippen LogP contribution in [0.2, 0.25) is 18.1 Å². The van der Waals surface area contributed by atoms with E-state index in [9.17, 15) is 4.79 Å². The molecule has 0 aromatic heterocycles. The van der Waals surface area contributed by atoms with Gasteiger partial charge in [-0.15, -0.1) is 0 Å². The van der Waals surface area contributed by atoms with Crippen molar-refractivity contribution in [2.45, 2.75) is 83.5 Å². The van der Waals surface area contributed by atoms with Gasteiger partial charge < -0.3 is 9.53 Å². The average molecular weight is 363 g/mol. The maximum atomic E-state index is 11.1. The van der Waals surface area contributed by atoms with Crippen molar-refractivity contribution in [2.75, 3.05) is 0 Å². The predicted molar refractivity (Wildman–Crippen MR) is 106 cm³/mol. The molecule has 1 aromatic carbocycles. The summed E-state index contributed by atoms with van der Waals surface area (Å²) in [7, 11) is -1.73. The Labute approximate surface area is 153 Å². The molecule has 3 atom stereocenters. The van der Waals surface area contributed by atoms with Gasteiger partial charge in [0.25, 0.3) is 0 Å². The Hall–Kier alpha value is -1.13. The van der Waals surface area contributed by atoms with Crippen LogP contribution in [0.3, 0.4) is 0 Å². The smallest absolute Gasteiger partial charge is 0.310 e. The van der Waals surface area contributed by atoms with E-state index in [2.05, 4.69) is 46.0 Å². The van der Waals surface area contributed by atoms with Gasteiger partial charge >= 0.3 is 5.97 Å². The summed E-state index contributed by atoms with van der Waals surface area (Å²) >= 11 is 0. The van der Waals surface area contributed by atoms with Crippen molar-refractivity contribution in [3.8, 4) is 0 Å². The largest absolute Gasteiger partial charge is 0.481 e. The van der Waals surface area contributed by atoms with Crippen molar-refractivity contribution < 1.29 is 14.3 Å². The van der Waals surface area contributed by atoms with Crippen LogP contribution in [0.1, 0.15) is 64.0 Å². The number of aliphatic carboxylic acids is 1. The third-order valence-corrected chi connectivity index (χ3v) is 10.7. The molecule has 1 N–H and O–H groups in total. The maximum absolute atomic E-state index is 11.1. The van der Waals surface area contributed by atoms with E-state index < -0.39 is 20.2 Å². The molecule has 0 unspecified atom stereocenters. The van der Waals surface area contributed by atoms with E-state index in [-0.39, 0.29) is 5.04 Å². The van der Waals surface area contributed by atoms with Crippen LogP contribution in [0.25, 0.3) is 0 Å². The van der Waals surface area contributed by atoms with Crippen LogP contribution >= 0.6 is 0 Å². The summed E-state index contributed by atoms with van der Waals surface area (Å²) in [5.41, 5.74) is 2.16.